The van der Waals surface area contributed by atoms with Crippen LogP contribution in [0.4, 0.5) is 0 Å². The first kappa shape index (κ1) is 13.4. The van der Waals surface area contributed by atoms with Crippen LogP contribution < -0.4 is 4.72 Å². The Morgan fingerprint density at radius 2 is 2.00 bits per heavy atom. The van der Waals surface area contributed by atoms with Crippen molar-refractivity contribution in [3.05, 3.63) is 0 Å². The van der Waals surface area contributed by atoms with Crippen LogP contribution in [0.3, 0.4) is 0 Å². The molecule has 1 aliphatic carbocycles. The lowest BCUT2D eigenvalue weighted by molar-refractivity contribution is -0.142. The zero-order valence-corrected chi connectivity index (χ0v) is 9.83. The summed E-state index contributed by atoms with van der Waals surface area (Å²) in [5.41, 5.74) is 0. The van der Waals surface area contributed by atoms with E-state index in [9.17, 15) is 13.2 Å². The quantitative estimate of drug-likeness (QED) is 0.619. The molecule has 0 aromatic heterocycles. The van der Waals surface area contributed by atoms with Crippen LogP contribution in [-0.2, 0) is 19.6 Å². The third kappa shape index (κ3) is 4.46. The monoisotopic (exact) mass is 251 g/mol. The second kappa shape index (κ2) is 6.17. The van der Waals surface area contributed by atoms with Gasteiger partial charge in [-0.2, -0.15) is 0 Å². The molecule has 0 bridgehead atoms. The van der Waals surface area contributed by atoms with Crippen molar-refractivity contribution in [2.24, 2.45) is 0 Å². The Labute approximate surface area is 95.0 Å². The molecule has 0 unspecified atom stereocenters. The molecule has 0 heterocycles. The fourth-order valence-electron chi connectivity index (χ4n) is 1.73. The van der Waals surface area contributed by atoms with Gasteiger partial charge in [-0.15, -0.1) is 0 Å². The average Bonchev–Trinajstić information content (AvgIpc) is 2.69. The van der Waals surface area contributed by atoms with Gasteiger partial charge in [-0.05, 0) is 12.8 Å². The minimum atomic E-state index is -3.24. The number of carboxylic acids is 1. The largest absolute Gasteiger partial charge is 0.480 e. The van der Waals surface area contributed by atoms with E-state index in [2.05, 4.69) is 4.72 Å². The number of carbonyl (C=O) groups is 1. The number of ether oxygens (including phenoxy) is 1. The molecular formula is C9H17NO5S. The van der Waals surface area contributed by atoms with Gasteiger partial charge in [-0.25, -0.2) is 17.9 Å². The highest BCUT2D eigenvalue weighted by Crippen LogP contribution is 2.23. The van der Waals surface area contributed by atoms with E-state index in [0.717, 1.165) is 12.8 Å². The summed E-state index contributed by atoms with van der Waals surface area (Å²) in [5.74, 6) is -1.06. The molecule has 1 rings (SSSR count). The molecule has 1 saturated carbocycles. The Morgan fingerprint density at radius 1 is 1.38 bits per heavy atom. The van der Waals surface area contributed by atoms with E-state index in [1.54, 1.807) is 0 Å². The van der Waals surface area contributed by atoms with E-state index in [0.29, 0.717) is 12.8 Å². The minimum Gasteiger partial charge on any atom is -0.480 e. The normalized spacial score (nSPS) is 17.8. The van der Waals surface area contributed by atoms with Gasteiger partial charge in [-0.3, -0.25) is 0 Å². The topological polar surface area (TPSA) is 92.7 Å². The molecule has 0 spiro atoms. The van der Waals surface area contributed by atoms with E-state index in [1.807, 2.05) is 0 Å². The highest BCUT2D eigenvalue weighted by Gasteiger charge is 2.27. The number of sulfonamides is 1. The van der Waals surface area contributed by atoms with Crippen molar-refractivity contribution in [1.82, 2.24) is 4.72 Å². The lowest BCUT2D eigenvalue weighted by Gasteiger charge is -2.11. The van der Waals surface area contributed by atoms with E-state index < -0.39 is 22.6 Å². The van der Waals surface area contributed by atoms with Gasteiger partial charge >= 0.3 is 5.97 Å². The number of aliphatic carboxylic acids is 1. The molecule has 0 atom stereocenters. The fraction of sp³-hybridized carbons (Fsp3) is 0.889. The third-order valence-corrected chi connectivity index (χ3v) is 4.47. The fourth-order valence-corrected chi connectivity index (χ4v) is 3.29. The maximum atomic E-state index is 11.6. The van der Waals surface area contributed by atoms with Crippen LogP contribution in [0.15, 0.2) is 0 Å². The first-order valence-corrected chi connectivity index (χ1v) is 6.85. The molecule has 1 aliphatic rings. The highest BCUT2D eigenvalue weighted by atomic mass is 32.2. The van der Waals surface area contributed by atoms with Crippen molar-refractivity contribution < 1.29 is 23.1 Å². The smallest absolute Gasteiger partial charge is 0.329 e. The van der Waals surface area contributed by atoms with Crippen molar-refractivity contribution in [3.63, 3.8) is 0 Å². The van der Waals surface area contributed by atoms with E-state index in [1.165, 1.54) is 0 Å². The first-order valence-electron chi connectivity index (χ1n) is 5.30. The summed E-state index contributed by atoms with van der Waals surface area (Å²) in [6.07, 6.45) is 3.35. The van der Waals surface area contributed by atoms with Gasteiger partial charge in [0.05, 0.1) is 11.9 Å². The van der Waals surface area contributed by atoms with Crippen LogP contribution in [-0.4, -0.2) is 44.5 Å². The predicted octanol–water partition coefficient (Wildman–Crippen LogP) is -0.0504. The molecule has 2 N–H and O–H groups in total. The average molecular weight is 251 g/mol. The van der Waals surface area contributed by atoms with Crippen LogP contribution in [0.2, 0.25) is 0 Å². The maximum Gasteiger partial charge on any atom is 0.329 e. The molecule has 0 radical (unpaired) electrons. The second-order valence-electron chi connectivity index (χ2n) is 3.79. The van der Waals surface area contributed by atoms with Crippen LogP contribution in [0.1, 0.15) is 25.7 Å². The van der Waals surface area contributed by atoms with E-state index in [-0.39, 0.29) is 18.4 Å². The molecule has 16 heavy (non-hydrogen) atoms. The highest BCUT2D eigenvalue weighted by molar-refractivity contribution is 7.90. The van der Waals surface area contributed by atoms with E-state index in [4.69, 9.17) is 9.84 Å². The summed E-state index contributed by atoms with van der Waals surface area (Å²) in [6.45, 7) is -0.185. The van der Waals surface area contributed by atoms with Crippen LogP contribution >= 0.6 is 0 Å². The van der Waals surface area contributed by atoms with Crippen molar-refractivity contribution in [2.75, 3.05) is 19.8 Å². The SMILES string of the molecule is O=C(O)COCCNS(=O)(=O)C1CCCC1. The predicted molar refractivity (Wildman–Crippen MR) is 57.6 cm³/mol. The molecule has 0 aromatic carbocycles. The first-order chi connectivity index (χ1) is 7.52. The lowest BCUT2D eigenvalue weighted by atomic mass is 10.4. The summed E-state index contributed by atoms with van der Waals surface area (Å²) in [4.78, 5) is 10.1. The van der Waals surface area contributed by atoms with Gasteiger partial charge in [-0.1, -0.05) is 12.8 Å². The van der Waals surface area contributed by atoms with Crippen molar-refractivity contribution in [1.29, 1.82) is 0 Å². The molecule has 7 heteroatoms. The summed E-state index contributed by atoms with van der Waals surface area (Å²) >= 11 is 0. The van der Waals surface area contributed by atoms with Crippen molar-refractivity contribution in [3.8, 4) is 0 Å². The molecule has 6 nitrogen and oxygen atoms in total. The van der Waals surface area contributed by atoms with Crippen LogP contribution in [0.5, 0.6) is 0 Å². The van der Waals surface area contributed by atoms with Gasteiger partial charge in [0.15, 0.2) is 0 Å². The molecule has 0 aromatic rings. The summed E-state index contributed by atoms with van der Waals surface area (Å²) in [5, 5.41) is 8.00. The number of nitrogens with one attached hydrogen (secondary N) is 1. The number of hydrogen-bond acceptors (Lipinski definition) is 4. The zero-order chi connectivity index (χ0) is 12.0. The van der Waals surface area contributed by atoms with E-state index >= 15 is 0 Å². The Balaban J connectivity index is 2.18. The van der Waals surface area contributed by atoms with Crippen LogP contribution in [0.25, 0.3) is 0 Å². The zero-order valence-electron chi connectivity index (χ0n) is 9.02. The lowest BCUT2D eigenvalue weighted by Crippen LogP contribution is -2.35. The molecular weight excluding hydrogens is 234 g/mol. The summed E-state index contributed by atoms with van der Waals surface area (Å²) in [6, 6.07) is 0. The molecule has 0 aliphatic heterocycles. The molecule has 94 valence electrons. The Bertz CT molecular complexity index is 321. The standard InChI is InChI=1S/C9H17NO5S/c11-9(12)7-15-6-5-10-16(13,14)8-3-1-2-4-8/h8,10H,1-7H2,(H,11,12). The Morgan fingerprint density at radius 3 is 2.56 bits per heavy atom. The third-order valence-electron chi connectivity index (χ3n) is 2.52. The van der Waals surface area contributed by atoms with Crippen LogP contribution in [0, 0.1) is 0 Å². The Kier molecular flexibility index (Phi) is 5.17. The van der Waals surface area contributed by atoms with Gasteiger partial charge < -0.3 is 9.84 Å². The molecule has 1 fully saturated rings. The number of hydrogen-bond donors (Lipinski definition) is 2. The number of carboxylic acid groups (broad SMARTS) is 1. The summed E-state index contributed by atoms with van der Waals surface area (Å²) < 4.78 is 30.4. The van der Waals surface area contributed by atoms with Gasteiger partial charge in [0.25, 0.3) is 0 Å². The summed E-state index contributed by atoms with van der Waals surface area (Å²) in [7, 11) is -3.24. The van der Waals surface area contributed by atoms with Gasteiger partial charge in [0.2, 0.25) is 10.0 Å². The maximum absolute atomic E-state index is 11.6. The van der Waals surface area contributed by atoms with Gasteiger partial charge in [0.1, 0.15) is 6.61 Å². The molecule has 0 amide bonds. The van der Waals surface area contributed by atoms with Gasteiger partial charge in [0, 0.05) is 6.54 Å². The molecule has 0 saturated heterocycles. The Hall–Kier alpha value is -0.660. The second-order valence-corrected chi connectivity index (χ2v) is 5.84. The van der Waals surface area contributed by atoms with Crippen molar-refractivity contribution in [2.45, 2.75) is 30.9 Å². The number of rotatable bonds is 7. The van der Waals surface area contributed by atoms with Crippen molar-refractivity contribution >= 4 is 16.0 Å². The minimum absolute atomic E-state index is 0.0816.